The van der Waals surface area contributed by atoms with Crippen LogP contribution in [0.2, 0.25) is 0 Å². The first kappa shape index (κ1) is 15.8. The quantitative estimate of drug-likeness (QED) is 0.781. The van der Waals surface area contributed by atoms with Gasteiger partial charge in [0.25, 0.3) is 0 Å². The van der Waals surface area contributed by atoms with Crippen molar-refractivity contribution in [1.82, 2.24) is 0 Å². The number of para-hydroxylation sites is 1. The first-order valence-corrected chi connectivity index (χ1v) is 8.41. The van der Waals surface area contributed by atoms with Gasteiger partial charge in [0.1, 0.15) is 0 Å². The number of anilines is 2. The van der Waals surface area contributed by atoms with E-state index in [0.717, 1.165) is 7.11 Å². The van der Waals surface area contributed by atoms with Crippen molar-refractivity contribution in [2.45, 2.75) is 4.90 Å². The Balaban J connectivity index is 2.28. The molecule has 3 rings (SSSR count). The highest BCUT2D eigenvalue weighted by Crippen LogP contribution is 2.39. The molecule has 1 aliphatic rings. The lowest BCUT2D eigenvalue weighted by Gasteiger charge is -2.28. The van der Waals surface area contributed by atoms with Crippen molar-refractivity contribution in [1.29, 1.82) is 5.26 Å². The Morgan fingerprint density at radius 3 is 2.62 bits per heavy atom. The van der Waals surface area contributed by atoms with Gasteiger partial charge in [0.05, 0.1) is 29.3 Å². The molecular formula is C17H12N2O4S. The Hall–Kier alpha value is -3.11. The lowest BCUT2D eigenvalue weighted by atomic mass is 10.2. The van der Waals surface area contributed by atoms with Crippen molar-refractivity contribution in [2.75, 3.05) is 12.0 Å². The maximum absolute atomic E-state index is 12.7. The summed E-state index contributed by atoms with van der Waals surface area (Å²) in [4.78, 5) is 13.1. The van der Waals surface area contributed by atoms with Crippen LogP contribution in [-0.4, -0.2) is 21.5 Å². The van der Waals surface area contributed by atoms with Gasteiger partial charge in [-0.1, -0.05) is 18.2 Å². The molecule has 0 bridgehead atoms. The third-order valence-corrected chi connectivity index (χ3v) is 5.37. The zero-order valence-corrected chi connectivity index (χ0v) is 13.4. The van der Waals surface area contributed by atoms with Gasteiger partial charge in [-0.05, 0) is 30.3 Å². The summed E-state index contributed by atoms with van der Waals surface area (Å²) in [6.07, 6.45) is 1.22. The molecule has 7 heteroatoms. The average molecular weight is 340 g/mol. The van der Waals surface area contributed by atoms with Crippen LogP contribution in [0.3, 0.4) is 0 Å². The minimum absolute atomic E-state index is 0.00950. The third kappa shape index (κ3) is 2.43. The molecule has 2 aromatic rings. The predicted molar refractivity (Wildman–Crippen MR) is 87.0 cm³/mol. The Labute approximate surface area is 139 Å². The van der Waals surface area contributed by atoms with E-state index in [4.69, 9.17) is 5.26 Å². The van der Waals surface area contributed by atoms with Crippen molar-refractivity contribution in [3.05, 3.63) is 65.2 Å². The fourth-order valence-electron chi connectivity index (χ4n) is 2.46. The maximum Gasteiger partial charge on any atom is 0.351 e. The Kier molecular flexibility index (Phi) is 3.83. The van der Waals surface area contributed by atoms with Gasteiger partial charge < -0.3 is 9.64 Å². The summed E-state index contributed by atoms with van der Waals surface area (Å²) < 4.78 is 29.9. The van der Waals surface area contributed by atoms with Gasteiger partial charge in [0.15, 0.2) is 4.91 Å². The van der Waals surface area contributed by atoms with Crippen LogP contribution in [0.1, 0.15) is 5.56 Å². The molecule has 120 valence electrons. The molecule has 0 unspecified atom stereocenters. The van der Waals surface area contributed by atoms with E-state index in [1.807, 2.05) is 6.07 Å². The maximum atomic E-state index is 12.7. The topological polar surface area (TPSA) is 87.5 Å². The van der Waals surface area contributed by atoms with E-state index in [1.165, 1.54) is 12.3 Å². The summed E-state index contributed by atoms with van der Waals surface area (Å²) >= 11 is 0. The van der Waals surface area contributed by atoms with Crippen LogP contribution in [0, 0.1) is 11.3 Å². The first-order chi connectivity index (χ1) is 11.5. The van der Waals surface area contributed by atoms with Crippen molar-refractivity contribution >= 4 is 27.2 Å². The molecule has 1 aliphatic heterocycles. The summed E-state index contributed by atoms with van der Waals surface area (Å²) in [6.45, 7) is 0. The van der Waals surface area contributed by atoms with Crippen molar-refractivity contribution < 1.29 is 17.9 Å². The van der Waals surface area contributed by atoms with Crippen LogP contribution in [0.25, 0.3) is 0 Å². The number of methoxy groups -OCH3 is 1. The number of nitrogens with zero attached hydrogens (tertiary/aromatic N) is 2. The van der Waals surface area contributed by atoms with E-state index in [0.29, 0.717) is 16.9 Å². The molecule has 0 radical (unpaired) electrons. The van der Waals surface area contributed by atoms with Gasteiger partial charge in [-0.15, -0.1) is 0 Å². The number of ether oxygens (including phenoxy) is 1. The highest BCUT2D eigenvalue weighted by molar-refractivity contribution is 7.96. The van der Waals surface area contributed by atoms with Gasteiger partial charge in [-0.3, -0.25) is 0 Å². The molecular weight excluding hydrogens is 328 g/mol. The number of carbonyl (C=O) groups excluding carboxylic acids is 1. The molecule has 2 aromatic carbocycles. The largest absolute Gasteiger partial charge is 0.465 e. The van der Waals surface area contributed by atoms with Gasteiger partial charge in [-0.2, -0.15) is 5.26 Å². The Bertz CT molecular complexity index is 1000. The van der Waals surface area contributed by atoms with Crippen LogP contribution in [0.4, 0.5) is 11.4 Å². The highest BCUT2D eigenvalue weighted by Gasteiger charge is 2.36. The summed E-state index contributed by atoms with van der Waals surface area (Å²) in [7, 11) is -2.85. The molecule has 0 spiro atoms. The van der Waals surface area contributed by atoms with Crippen molar-refractivity contribution in [3.8, 4) is 6.07 Å². The number of carbonyl (C=O) groups is 1. The molecule has 0 amide bonds. The molecule has 0 atom stereocenters. The Morgan fingerprint density at radius 2 is 1.92 bits per heavy atom. The molecule has 6 nitrogen and oxygen atoms in total. The number of rotatable bonds is 2. The predicted octanol–water partition coefficient (Wildman–Crippen LogP) is 2.50. The van der Waals surface area contributed by atoms with Gasteiger partial charge in [0, 0.05) is 11.9 Å². The summed E-state index contributed by atoms with van der Waals surface area (Å²) in [5.41, 5.74) is 1.39. The van der Waals surface area contributed by atoms with Crippen molar-refractivity contribution in [3.63, 3.8) is 0 Å². The molecule has 1 heterocycles. The number of hydrogen-bond donors (Lipinski definition) is 0. The lowest BCUT2D eigenvalue weighted by Crippen LogP contribution is -2.26. The number of sulfone groups is 1. The standard InChI is InChI=1S/C17H12N2O4S/c1-23-17(20)16-11-19(13-6-4-5-12(9-13)10-18)14-7-2-3-8-15(14)24(16,21)22/h2-9,11H,1H3. The molecule has 0 saturated carbocycles. The second kappa shape index (κ2) is 5.83. The molecule has 24 heavy (non-hydrogen) atoms. The Morgan fingerprint density at radius 1 is 1.17 bits per heavy atom. The number of esters is 1. The van der Waals surface area contributed by atoms with Gasteiger partial charge in [0.2, 0.25) is 9.84 Å². The van der Waals surface area contributed by atoms with Crippen LogP contribution < -0.4 is 4.90 Å². The average Bonchev–Trinajstić information content (AvgIpc) is 2.61. The SMILES string of the molecule is COC(=O)C1=CN(c2cccc(C#N)c2)c2ccccc2S1(=O)=O. The normalized spacial score (nSPS) is 15.0. The highest BCUT2D eigenvalue weighted by atomic mass is 32.2. The number of fused-ring (bicyclic) bond motifs is 1. The van der Waals surface area contributed by atoms with Crippen molar-refractivity contribution in [2.24, 2.45) is 0 Å². The minimum atomic E-state index is -3.97. The van der Waals surface area contributed by atoms with Gasteiger partial charge >= 0.3 is 5.97 Å². The number of benzene rings is 2. The van der Waals surface area contributed by atoms with Gasteiger partial charge in [-0.25, -0.2) is 13.2 Å². The van der Waals surface area contributed by atoms with E-state index in [2.05, 4.69) is 4.74 Å². The second-order valence-corrected chi connectivity index (χ2v) is 6.87. The number of hydrogen-bond acceptors (Lipinski definition) is 6. The molecule has 0 aromatic heterocycles. The molecule has 0 saturated heterocycles. The minimum Gasteiger partial charge on any atom is -0.465 e. The summed E-state index contributed by atoms with van der Waals surface area (Å²) in [5, 5.41) is 9.06. The third-order valence-electron chi connectivity index (χ3n) is 3.59. The fourth-order valence-corrected chi connectivity index (χ4v) is 3.94. The van der Waals surface area contributed by atoms with Crippen LogP contribution in [-0.2, 0) is 19.4 Å². The van der Waals surface area contributed by atoms with E-state index in [-0.39, 0.29) is 4.90 Å². The van der Waals surface area contributed by atoms with Crippen LogP contribution >= 0.6 is 0 Å². The lowest BCUT2D eigenvalue weighted by molar-refractivity contribution is -0.135. The van der Waals surface area contributed by atoms with E-state index >= 15 is 0 Å². The van der Waals surface area contributed by atoms with Crippen LogP contribution in [0.5, 0.6) is 0 Å². The number of nitriles is 1. The molecule has 0 N–H and O–H groups in total. The monoisotopic (exact) mass is 340 g/mol. The van der Waals surface area contributed by atoms with Crippen LogP contribution in [0.15, 0.2) is 64.5 Å². The zero-order valence-electron chi connectivity index (χ0n) is 12.6. The smallest absolute Gasteiger partial charge is 0.351 e. The zero-order chi connectivity index (χ0) is 17.3. The summed E-state index contributed by atoms with van der Waals surface area (Å²) in [5.74, 6) is -0.939. The van der Waals surface area contributed by atoms with E-state index in [9.17, 15) is 13.2 Å². The fraction of sp³-hybridized carbons (Fsp3) is 0.0588. The first-order valence-electron chi connectivity index (χ1n) is 6.92. The molecule has 0 fully saturated rings. The summed E-state index contributed by atoms with van der Waals surface area (Å²) in [6, 6.07) is 15.0. The second-order valence-electron chi connectivity index (χ2n) is 4.99. The molecule has 0 aliphatic carbocycles. The van der Waals surface area contributed by atoms with E-state index in [1.54, 1.807) is 47.4 Å². The van der Waals surface area contributed by atoms with E-state index < -0.39 is 20.7 Å².